The summed E-state index contributed by atoms with van der Waals surface area (Å²) in [4.78, 5) is 26.0. The zero-order chi connectivity index (χ0) is 16.8. The molecule has 4 nitrogen and oxygen atoms in total. The number of ether oxygens (including phenoxy) is 1. The Balaban J connectivity index is 2.02. The number of aryl methyl sites for hydroxylation is 1. The van der Waals surface area contributed by atoms with Gasteiger partial charge < -0.3 is 4.74 Å². The maximum absolute atomic E-state index is 12.4. The highest BCUT2D eigenvalue weighted by molar-refractivity contribution is 8.26. The molecule has 0 N–H and O–H groups in total. The molecule has 0 spiro atoms. The monoisotopic (exact) mass is 349 g/mol. The lowest BCUT2D eigenvalue weighted by Gasteiger charge is -2.13. The predicted octanol–water partition coefficient (Wildman–Crippen LogP) is 3.54. The molecule has 1 aliphatic heterocycles. The minimum atomic E-state index is -0.425. The molecule has 1 aromatic rings. The third-order valence-electron chi connectivity index (χ3n) is 3.30. The van der Waals surface area contributed by atoms with Gasteiger partial charge in [-0.3, -0.25) is 14.5 Å². The number of hydrogen-bond acceptors (Lipinski definition) is 5. The van der Waals surface area contributed by atoms with Gasteiger partial charge in [-0.15, -0.1) is 0 Å². The van der Waals surface area contributed by atoms with Crippen LogP contribution in [0.2, 0.25) is 0 Å². The van der Waals surface area contributed by atoms with Crippen LogP contribution in [0, 0.1) is 6.92 Å². The number of thioether (sulfide) groups is 1. The van der Waals surface area contributed by atoms with Crippen molar-refractivity contribution in [1.29, 1.82) is 0 Å². The summed E-state index contributed by atoms with van der Waals surface area (Å²) in [6, 6.07) is 7.86. The predicted molar refractivity (Wildman–Crippen MR) is 96.9 cm³/mol. The first-order chi connectivity index (χ1) is 11.0. The lowest BCUT2D eigenvalue weighted by atomic mass is 10.1. The SMILES string of the molecule is CCCCOC(=O)CN1C(=O)/C(=C/c2ccc(C)cc2)SC1=S. The first-order valence-electron chi connectivity index (χ1n) is 7.49. The summed E-state index contributed by atoms with van der Waals surface area (Å²) in [5.41, 5.74) is 2.09. The van der Waals surface area contributed by atoms with Crippen LogP contribution in [0.1, 0.15) is 30.9 Å². The van der Waals surface area contributed by atoms with Crippen LogP contribution in [-0.4, -0.2) is 34.2 Å². The third-order valence-corrected chi connectivity index (χ3v) is 4.67. The first-order valence-corrected chi connectivity index (χ1v) is 8.71. The maximum atomic E-state index is 12.4. The Labute approximate surface area is 145 Å². The van der Waals surface area contributed by atoms with Crippen LogP contribution in [0.25, 0.3) is 6.08 Å². The molecule has 1 amide bonds. The van der Waals surface area contributed by atoms with Crippen LogP contribution < -0.4 is 0 Å². The quantitative estimate of drug-likeness (QED) is 0.340. The van der Waals surface area contributed by atoms with Gasteiger partial charge in [-0.1, -0.05) is 67.2 Å². The van der Waals surface area contributed by atoms with Crippen LogP contribution in [0.4, 0.5) is 0 Å². The highest BCUT2D eigenvalue weighted by atomic mass is 32.2. The Morgan fingerprint density at radius 3 is 2.70 bits per heavy atom. The Morgan fingerprint density at radius 1 is 1.35 bits per heavy atom. The number of benzene rings is 1. The Hall–Kier alpha value is -1.66. The molecule has 0 aromatic heterocycles. The summed E-state index contributed by atoms with van der Waals surface area (Å²) in [7, 11) is 0. The molecule has 23 heavy (non-hydrogen) atoms. The minimum absolute atomic E-state index is 0.125. The lowest BCUT2D eigenvalue weighted by molar-refractivity contribution is -0.146. The zero-order valence-electron chi connectivity index (χ0n) is 13.2. The summed E-state index contributed by atoms with van der Waals surface area (Å²) in [5, 5.41) is 0. The summed E-state index contributed by atoms with van der Waals surface area (Å²) in [5.74, 6) is -0.667. The number of esters is 1. The molecule has 0 radical (unpaired) electrons. The second-order valence-electron chi connectivity index (χ2n) is 5.25. The van der Waals surface area contributed by atoms with Crippen molar-refractivity contribution in [2.24, 2.45) is 0 Å². The van der Waals surface area contributed by atoms with Crippen molar-refractivity contribution in [2.45, 2.75) is 26.7 Å². The molecular weight excluding hydrogens is 330 g/mol. The fourth-order valence-corrected chi connectivity index (χ4v) is 3.21. The molecular formula is C17H19NO3S2. The van der Waals surface area contributed by atoms with E-state index in [2.05, 4.69) is 0 Å². The van der Waals surface area contributed by atoms with Gasteiger partial charge >= 0.3 is 5.97 Å². The Morgan fingerprint density at radius 2 is 2.04 bits per heavy atom. The van der Waals surface area contributed by atoms with E-state index in [1.165, 1.54) is 16.7 Å². The van der Waals surface area contributed by atoms with E-state index in [0.717, 1.165) is 24.0 Å². The number of hydrogen-bond donors (Lipinski definition) is 0. The highest BCUT2D eigenvalue weighted by Gasteiger charge is 2.33. The third kappa shape index (κ3) is 4.91. The van der Waals surface area contributed by atoms with E-state index < -0.39 is 5.97 Å². The molecule has 0 saturated carbocycles. The summed E-state index contributed by atoms with van der Waals surface area (Å²) < 4.78 is 5.48. The molecule has 1 heterocycles. The molecule has 1 fully saturated rings. The zero-order valence-corrected chi connectivity index (χ0v) is 14.8. The molecule has 0 aliphatic carbocycles. The van der Waals surface area contributed by atoms with Crippen molar-refractivity contribution >= 4 is 46.3 Å². The standard InChI is InChI=1S/C17H19NO3S2/c1-3-4-9-21-15(19)11-18-16(20)14(23-17(18)22)10-13-7-5-12(2)6-8-13/h5-8,10H,3-4,9,11H2,1-2H3/b14-10-. The molecule has 1 aromatic carbocycles. The van der Waals surface area contributed by atoms with Gasteiger partial charge in [0.2, 0.25) is 0 Å². The summed E-state index contributed by atoms with van der Waals surface area (Å²) >= 11 is 6.42. The fourth-order valence-electron chi connectivity index (χ4n) is 1.96. The van der Waals surface area contributed by atoms with Gasteiger partial charge in [0.25, 0.3) is 5.91 Å². The van der Waals surface area contributed by atoms with E-state index in [1.807, 2.05) is 38.1 Å². The van der Waals surface area contributed by atoms with E-state index in [0.29, 0.717) is 15.8 Å². The number of amides is 1. The van der Waals surface area contributed by atoms with Crippen molar-refractivity contribution in [3.63, 3.8) is 0 Å². The largest absolute Gasteiger partial charge is 0.464 e. The number of carbonyl (C=O) groups excluding carboxylic acids is 2. The average molecular weight is 349 g/mol. The number of carbonyl (C=O) groups is 2. The van der Waals surface area contributed by atoms with Crippen LogP contribution in [0.5, 0.6) is 0 Å². The van der Waals surface area contributed by atoms with Crippen molar-refractivity contribution in [1.82, 2.24) is 4.90 Å². The number of unbranched alkanes of at least 4 members (excludes halogenated alkanes) is 1. The second-order valence-corrected chi connectivity index (χ2v) is 6.93. The van der Waals surface area contributed by atoms with Crippen LogP contribution in [0.3, 0.4) is 0 Å². The molecule has 0 unspecified atom stereocenters. The molecule has 2 rings (SSSR count). The number of nitrogens with zero attached hydrogens (tertiary/aromatic N) is 1. The second kappa shape index (κ2) is 8.26. The van der Waals surface area contributed by atoms with Gasteiger partial charge in [0.05, 0.1) is 11.5 Å². The van der Waals surface area contributed by atoms with E-state index in [1.54, 1.807) is 6.08 Å². The average Bonchev–Trinajstić information content (AvgIpc) is 2.77. The summed E-state index contributed by atoms with van der Waals surface area (Å²) in [6.45, 7) is 4.28. The van der Waals surface area contributed by atoms with Gasteiger partial charge in [0.15, 0.2) is 0 Å². The maximum Gasteiger partial charge on any atom is 0.326 e. The molecule has 0 atom stereocenters. The van der Waals surface area contributed by atoms with Crippen LogP contribution in [0.15, 0.2) is 29.2 Å². The van der Waals surface area contributed by atoms with E-state index in [4.69, 9.17) is 17.0 Å². The molecule has 1 saturated heterocycles. The first kappa shape index (κ1) is 17.7. The summed E-state index contributed by atoms with van der Waals surface area (Å²) in [6.07, 6.45) is 3.56. The van der Waals surface area contributed by atoms with Crippen molar-refractivity contribution in [3.8, 4) is 0 Å². The van der Waals surface area contributed by atoms with Crippen LogP contribution >= 0.6 is 24.0 Å². The van der Waals surface area contributed by atoms with E-state index in [9.17, 15) is 9.59 Å². The topological polar surface area (TPSA) is 46.6 Å². The minimum Gasteiger partial charge on any atom is -0.464 e. The van der Waals surface area contributed by atoms with Gasteiger partial charge in [-0.05, 0) is 25.0 Å². The van der Waals surface area contributed by atoms with Gasteiger partial charge in [-0.25, -0.2) is 0 Å². The van der Waals surface area contributed by atoms with Gasteiger partial charge in [0, 0.05) is 0 Å². The van der Waals surface area contributed by atoms with E-state index >= 15 is 0 Å². The van der Waals surface area contributed by atoms with Crippen molar-refractivity contribution in [2.75, 3.05) is 13.2 Å². The van der Waals surface area contributed by atoms with Crippen molar-refractivity contribution < 1.29 is 14.3 Å². The number of thiocarbonyl (C=S) groups is 1. The lowest BCUT2D eigenvalue weighted by Crippen LogP contribution is -2.34. The normalized spacial score (nSPS) is 16.3. The Kier molecular flexibility index (Phi) is 6.36. The molecule has 1 aliphatic rings. The molecule has 122 valence electrons. The smallest absolute Gasteiger partial charge is 0.326 e. The van der Waals surface area contributed by atoms with Gasteiger partial charge in [0.1, 0.15) is 10.9 Å². The number of rotatable bonds is 6. The molecule has 6 heteroatoms. The Bertz CT molecular complexity index is 638. The highest BCUT2D eigenvalue weighted by Crippen LogP contribution is 2.32. The van der Waals surface area contributed by atoms with Crippen molar-refractivity contribution in [3.05, 3.63) is 40.3 Å². The fraction of sp³-hybridized carbons (Fsp3) is 0.353. The molecule has 0 bridgehead atoms. The van der Waals surface area contributed by atoms with Gasteiger partial charge in [-0.2, -0.15) is 0 Å². The van der Waals surface area contributed by atoms with Crippen LogP contribution in [-0.2, 0) is 14.3 Å². The van der Waals surface area contributed by atoms with E-state index in [-0.39, 0.29) is 12.5 Å².